The molecule has 4 aromatic rings. The Morgan fingerprint density at radius 2 is 1.71 bits per heavy atom. The molecule has 7 nitrogen and oxygen atoms in total. The number of aromatic nitrogens is 2. The van der Waals surface area contributed by atoms with Gasteiger partial charge in [-0.15, -0.1) is 0 Å². The summed E-state index contributed by atoms with van der Waals surface area (Å²) in [7, 11) is 1.99. The third-order valence-electron chi connectivity index (χ3n) is 6.23. The molecule has 34 heavy (non-hydrogen) atoms. The third-order valence-corrected chi connectivity index (χ3v) is 6.23. The highest BCUT2D eigenvalue weighted by Crippen LogP contribution is 2.39. The van der Waals surface area contributed by atoms with Gasteiger partial charge in [0, 0.05) is 31.3 Å². The first kappa shape index (κ1) is 20.3. The molecule has 3 heterocycles. The van der Waals surface area contributed by atoms with Crippen LogP contribution in [-0.4, -0.2) is 47.9 Å². The van der Waals surface area contributed by atoms with Crippen LogP contribution in [0, 0.1) is 5.82 Å². The van der Waals surface area contributed by atoms with E-state index in [1.807, 2.05) is 49.5 Å². The minimum atomic E-state index is -0.992. The minimum Gasteiger partial charge on any atom is -0.371 e. The van der Waals surface area contributed by atoms with Gasteiger partial charge in [-0.1, -0.05) is 36.4 Å². The van der Waals surface area contributed by atoms with Gasteiger partial charge in [0.15, 0.2) is 0 Å². The normalized spacial score (nSPS) is 17.3. The van der Waals surface area contributed by atoms with Gasteiger partial charge in [-0.2, -0.15) is 0 Å². The van der Waals surface area contributed by atoms with Crippen LogP contribution in [0.25, 0.3) is 11.0 Å². The molecule has 3 aromatic carbocycles. The van der Waals surface area contributed by atoms with Crippen LogP contribution in [0.5, 0.6) is 0 Å². The number of amides is 1. The van der Waals surface area contributed by atoms with Gasteiger partial charge in [0.05, 0.1) is 34.3 Å². The lowest BCUT2D eigenvalue weighted by Gasteiger charge is -2.36. The van der Waals surface area contributed by atoms with Crippen LogP contribution in [0.15, 0.2) is 77.9 Å². The summed E-state index contributed by atoms with van der Waals surface area (Å²) < 4.78 is 15.0. The smallest absolute Gasteiger partial charge is 0.272 e. The van der Waals surface area contributed by atoms with Crippen LogP contribution < -0.4 is 15.1 Å². The van der Waals surface area contributed by atoms with Crippen LogP contribution in [0.4, 0.5) is 21.6 Å². The number of anilines is 3. The summed E-state index contributed by atoms with van der Waals surface area (Å²) in [6.07, 6.45) is 0.593. The van der Waals surface area contributed by atoms with E-state index in [1.54, 1.807) is 29.3 Å². The van der Waals surface area contributed by atoms with E-state index in [0.29, 0.717) is 35.7 Å². The highest BCUT2D eigenvalue weighted by Gasteiger charge is 2.37. The van der Waals surface area contributed by atoms with Crippen LogP contribution >= 0.6 is 0 Å². The van der Waals surface area contributed by atoms with Gasteiger partial charge in [-0.25, -0.2) is 14.4 Å². The predicted octanol–water partition coefficient (Wildman–Crippen LogP) is 3.84. The summed E-state index contributed by atoms with van der Waals surface area (Å²) in [5, 5.41) is 3.15. The Hall–Kier alpha value is -4.33. The zero-order chi connectivity index (χ0) is 23.2. The number of benzene rings is 3. The summed E-state index contributed by atoms with van der Waals surface area (Å²) in [5.74, 6) is -0.190. The number of nitrogens with zero attached hydrogens (tertiary/aromatic N) is 5. The van der Waals surface area contributed by atoms with E-state index >= 15 is 0 Å². The van der Waals surface area contributed by atoms with Gasteiger partial charge < -0.3 is 15.1 Å². The van der Waals surface area contributed by atoms with Gasteiger partial charge in [0.1, 0.15) is 11.6 Å². The molecule has 0 saturated carbocycles. The maximum atomic E-state index is 15.0. The van der Waals surface area contributed by atoms with E-state index in [4.69, 9.17) is 4.99 Å². The monoisotopic (exact) mass is 452 g/mol. The number of carbonyl (C=O) groups is 1. The molecule has 8 heteroatoms. The topological polar surface area (TPSA) is 73.7 Å². The molecular formula is C26H21FN6O. The molecule has 0 bridgehead atoms. The molecule has 1 unspecified atom stereocenters. The van der Waals surface area contributed by atoms with Crippen molar-refractivity contribution in [3.63, 3.8) is 0 Å². The second kappa shape index (κ2) is 7.91. The van der Waals surface area contributed by atoms with Crippen molar-refractivity contribution in [3.05, 3.63) is 89.9 Å². The highest BCUT2D eigenvalue weighted by molar-refractivity contribution is 6.22. The number of hydrogen-bond acceptors (Lipinski definition) is 6. The molecule has 2 aliphatic rings. The summed E-state index contributed by atoms with van der Waals surface area (Å²) in [6, 6.07) is 19.8. The molecular weight excluding hydrogens is 431 g/mol. The molecule has 1 N–H and O–H groups in total. The van der Waals surface area contributed by atoms with Gasteiger partial charge >= 0.3 is 0 Å². The van der Waals surface area contributed by atoms with Crippen molar-refractivity contribution in [1.82, 2.24) is 9.97 Å². The van der Waals surface area contributed by atoms with Crippen LogP contribution in [-0.2, 0) is 4.79 Å². The molecule has 1 amide bonds. The van der Waals surface area contributed by atoms with Crippen molar-refractivity contribution in [2.45, 2.75) is 6.17 Å². The fraction of sp³-hybridized carbons (Fsp3) is 0.154. The second-order valence-corrected chi connectivity index (χ2v) is 8.33. The maximum absolute atomic E-state index is 15.0. The Bertz CT molecular complexity index is 1470. The van der Waals surface area contributed by atoms with E-state index in [2.05, 4.69) is 20.2 Å². The van der Waals surface area contributed by atoms with E-state index in [9.17, 15) is 9.18 Å². The van der Waals surface area contributed by atoms with Crippen molar-refractivity contribution in [1.29, 1.82) is 0 Å². The standard InChI is InChI=1S/C26H21FN6O/c1-32-13-14-33-24-17(8-6-12-21(24)32)23(16-7-2-3-9-18(16)27)31-25(26(33)34)30-22-15-28-19-10-4-5-11-20(19)29-22/h2-12,15,25H,13-14H2,1H3,(H,29,30). The number of aliphatic imine (C=N–C) groups is 1. The summed E-state index contributed by atoms with van der Waals surface area (Å²) in [5.41, 5.74) is 4.60. The molecule has 1 aromatic heterocycles. The number of hydrogen-bond donors (Lipinski definition) is 1. The van der Waals surface area contributed by atoms with Crippen molar-refractivity contribution < 1.29 is 9.18 Å². The van der Waals surface area contributed by atoms with E-state index in [-0.39, 0.29) is 5.91 Å². The summed E-state index contributed by atoms with van der Waals surface area (Å²) >= 11 is 0. The van der Waals surface area contributed by atoms with E-state index in [0.717, 1.165) is 22.5 Å². The SMILES string of the molecule is CN1CCN2C(=O)C(Nc3cnc4ccccc4n3)N=C(c3ccccc3F)c3cccc1c32. The number of fused-ring (bicyclic) bond motifs is 1. The number of halogens is 1. The molecule has 0 spiro atoms. The Balaban J connectivity index is 1.52. The molecule has 0 saturated heterocycles. The molecule has 1 atom stereocenters. The quantitative estimate of drug-likeness (QED) is 0.511. The van der Waals surface area contributed by atoms with Crippen molar-refractivity contribution in [3.8, 4) is 0 Å². The van der Waals surface area contributed by atoms with Crippen molar-refractivity contribution in [2.75, 3.05) is 35.3 Å². The Morgan fingerprint density at radius 1 is 0.941 bits per heavy atom. The first-order chi connectivity index (χ1) is 16.6. The van der Waals surface area contributed by atoms with E-state index in [1.165, 1.54) is 6.07 Å². The predicted molar refractivity (Wildman–Crippen MR) is 131 cm³/mol. The van der Waals surface area contributed by atoms with Crippen LogP contribution in [0.1, 0.15) is 11.1 Å². The number of nitrogens with one attached hydrogen (secondary N) is 1. The zero-order valence-electron chi connectivity index (χ0n) is 18.4. The second-order valence-electron chi connectivity index (χ2n) is 8.33. The fourth-order valence-electron chi connectivity index (χ4n) is 4.55. The van der Waals surface area contributed by atoms with Gasteiger partial charge in [-0.3, -0.25) is 9.78 Å². The lowest BCUT2D eigenvalue weighted by molar-refractivity contribution is -0.119. The lowest BCUT2D eigenvalue weighted by atomic mass is 9.97. The fourth-order valence-corrected chi connectivity index (χ4v) is 4.55. The average molecular weight is 452 g/mol. The molecule has 0 radical (unpaired) electrons. The maximum Gasteiger partial charge on any atom is 0.272 e. The summed E-state index contributed by atoms with van der Waals surface area (Å²) in [4.78, 5) is 31.4. The summed E-state index contributed by atoms with van der Waals surface area (Å²) in [6.45, 7) is 1.18. The van der Waals surface area contributed by atoms with E-state index < -0.39 is 12.0 Å². The highest BCUT2D eigenvalue weighted by atomic mass is 19.1. The van der Waals surface area contributed by atoms with Gasteiger partial charge in [0.25, 0.3) is 5.91 Å². The third kappa shape index (κ3) is 3.26. The molecule has 2 aliphatic heterocycles. The first-order valence-corrected chi connectivity index (χ1v) is 11.1. The van der Waals surface area contributed by atoms with Crippen LogP contribution in [0.2, 0.25) is 0 Å². The Labute approximate surface area is 195 Å². The average Bonchev–Trinajstić information content (AvgIpc) is 2.97. The van der Waals surface area contributed by atoms with Gasteiger partial charge in [0.2, 0.25) is 6.17 Å². The minimum absolute atomic E-state index is 0.219. The van der Waals surface area contributed by atoms with Crippen molar-refractivity contribution in [2.24, 2.45) is 4.99 Å². The molecule has 0 fully saturated rings. The Kier molecular flexibility index (Phi) is 4.72. The largest absolute Gasteiger partial charge is 0.371 e. The zero-order valence-corrected chi connectivity index (χ0v) is 18.4. The number of rotatable bonds is 3. The molecule has 168 valence electrons. The molecule has 0 aliphatic carbocycles. The Morgan fingerprint density at radius 3 is 2.56 bits per heavy atom. The van der Waals surface area contributed by atoms with Crippen molar-refractivity contribution >= 4 is 39.8 Å². The number of para-hydroxylation sites is 3. The van der Waals surface area contributed by atoms with Gasteiger partial charge in [-0.05, 0) is 30.3 Å². The molecule has 6 rings (SSSR count). The lowest BCUT2D eigenvalue weighted by Crippen LogP contribution is -2.48. The first-order valence-electron chi connectivity index (χ1n) is 11.1. The number of carbonyl (C=O) groups excluding carboxylic acids is 1. The number of likely N-dealkylation sites (N-methyl/N-ethyl adjacent to an activating group) is 1. The van der Waals surface area contributed by atoms with Crippen LogP contribution in [0.3, 0.4) is 0 Å².